The Kier molecular flexibility index (Phi) is 14.0. The summed E-state index contributed by atoms with van der Waals surface area (Å²) in [5.74, 6) is -1.98. The Morgan fingerprint density at radius 3 is 2.20 bits per heavy atom. The van der Waals surface area contributed by atoms with Gasteiger partial charge < -0.3 is 59.1 Å². The van der Waals surface area contributed by atoms with Crippen LogP contribution in [0.3, 0.4) is 0 Å². The fourth-order valence-corrected chi connectivity index (χ4v) is 7.77. The molecule has 6 N–H and O–H groups in total. The zero-order valence-electron chi connectivity index (χ0n) is 28.8. The number of aliphatic carboxylic acids is 1. The summed E-state index contributed by atoms with van der Waals surface area (Å²) in [6, 6.07) is 8.14. The van der Waals surface area contributed by atoms with Crippen molar-refractivity contribution in [3.05, 3.63) is 35.9 Å². The molecule has 0 aromatic heterocycles. The smallest absolute Gasteiger partial charge is 0.338 e. The molecule has 4 fully saturated rings. The van der Waals surface area contributed by atoms with E-state index in [1.54, 1.807) is 37.3 Å². The summed E-state index contributed by atoms with van der Waals surface area (Å²) < 4.78 is 36.8. The SMILES string of the molecule is CCC1CCC[C@@H](O[C@@H]2O[C@@H](CO)[C@H](O)C(O[C@@H](CC3CCCCC3)C(=O)O)C2OC(=O)c2ccccc2)[C@@H]1O[C@@H]1OC(C)[C@@H](O)[C@H](O)C1O. The molecule has 50 heavy (non-hydrogen) atoms. The fourth-order valence-electron chi connectivity index (χ4n) is 7.77. The minimum absolute atomic E-state index is 0.0871. The number of hydrogen-bond acceptors (Lipinski definition) is 13. The van der Waals surface area contributed by atoms with Gasteiger partial charge >= 0.3 is 11.9 Å². The van der Waals surface area contributed by atoms with Crippen molar-refractivity contribution in [1.82, 2.24) is 0 Å². The van der Waals surface area contributed by atoms with E-state index >= 15 is 0 Å². The van der Waals surface area contributed by atoms with Crippen LogP contribution in [0.1, 0.15) is 88.4 Å². The van der Waals surface area contributed by atoms with E-state index in [9.17, 15) is 40.2 Å². The van der Waals surface area contributed by atoms with Crippen molar-refractivity contribution in [3.8, 4) is 0 Å². The number of aliphatic hydroxyl groups is 5. The molecule has 2 aliphatic heterocycles. The summed E-state index contributed by atoms with van der Waals surface area (Å²) in [5, 5.41) is 63.3. The molecular weight excluding hydrogens is 656 g/mol. The first-order valence-electron chi connectivity index (χ1n) is 18.1. The highest BCUT2D eigenvalue weighted by molar-refractivity contribution is 5.89. The van der Waals surface area contributed by atoms with E-state index in [0.29, 0.717) is 12.8 Å². The van der Waals surface area contributed by atoms with Gasteiger partial charge in [0, 0.05) is 0 Å². The van der Waals surface area contributed by atoms with Gasteiger partial charge in [-0.15, -0.1) is 0 Å². The Bertz CT molecular complexity index is 1210. The van der Waals surface area contributed by atoms with E-state index in [0.717, 1.165) is 44.9 Å². The molecule has 1 aromatic carbocycles. The van der Waals surface area contributed by atoms with Crippen LogP contribution in [-0.4, -0.2) is 129 Å². The second-order valence-corrected chi connectivity index (χ2v) is 14.2. The summed E-state index contributed by atoms with van der Waals surface area (Å²) in [5.41, 5.74) is 0.198. The van der Waals surface area contributed by atoms with Crippen LogP contribution in [0.2, 0.25) is 0 Å². The van der Waals surface area contributed by atoms with Crippen molar-refractivity contribution in [2.75, 3.05) is 6.61 Å². The van der Waals surface area contributed by atoms with Crippen LogP contribution < -0.4 is 0 Å². The maximum absolute atomic E-state index is 13.5. The highest BCUT2D eigenvalue weighted by atomic mass is 16.7. The lowest BCUT2D eigenvalue weighted by molar-refractivity contribution is -0.348. The molecule has 4 aliphatic rings. The molecule has 2 heterocycles. The minimum Gasteiger partial charge on any atom is -0.479 e. The normalized spacial score (nSPS) is 39.1. The Morgan fingerprint density at radius 1 is 0.820 bits per heavy atom. The van der Waals surface area contributed by atoms with Crippen molar-refractivity contribution < 1.29 is 68.6 Å². The molecule has 1 aromatic rings. The summed E-state index contributed by atoms with van der Waals surface area (Å²) >= 11 is 0. The Labute approximate surface area is 292 Å². The summed E-state index contributed by atoms with van der Waals surface area (Å²) in [4.78, 5) is 26.0. The number of ether oxygens (including phenoxy) is 6. The third-order valence-electron chi connectivity index (χ3n) is 10.7. The first-order valence-corrected chi connectivity index (χ1v) is 18.1. The Morgan fingerprint density at radius 2 is 1.54 bits per heavy atom. The van der Waals surface area contributed by atoms with E-state index in [2.05, 4.69) is 0 Å². The lowest BCUT2D eigenvalue weighted by Gasteiger charge is -2.48. The van der Waals surface area contributed by atoms with Crippen molar-refractivity contribution in [2.24, 2.45) is 11.8 Å². The summed E-state index contributed by atoms with van der Waals surface area (Å²) in [6.07, 6.45) is -8.91. The number of carboxylic acids is 1. The topological polar surface area (TPSA) is 211 Å². The summed E-state index contributed by atoms with van der Waals surface area (Å²) in [6.45, 7) is 2.87. The minimum atomic E-state index is -1.58. The van der Waals surface area contributed by atoms with Gasteiger partial charge in [0.15, 0.2) is 24.8 Å². The van der Waals surface area contributed by atoms with Crippen LogP contribution in [0, 0.1) is 11.8 Å². The van der Waals surface area contributed by atoms with Crippen LogP contribution >= 0.6 is 0 Å². The maximum atomic E-state index is 13.5. The Hall–Kier alpha value is -2.24. The molecule has 14 nitrogen and oxygen atoms in total. The largest absolute Gasteiger partial charge is 0.479 e. The van der Waals surface area contributed by atoms with Crippen LogP contribution in [0.5, 0.6) is 0 Å². The van der Waals surface area contributed by atoms with Crippen molar-refractivity contribution in [1.29, 1.82) is 0 Å². The van der Waals surface area contributed by atoms with E-state index in [1.165, 1.54) is 0 Å². The average molecular weight is 711 g/mol. The molecule has 0 bridgehead atoms. The highest BCUT2D eigenvalue weighted by Gasteiger charge is 2.53. The quantitative estimate of drug-likeness (QED) is 0.162. The first-order chi connectivity index (χ1) is 24.0. The van der Waals surface area contributed by atoms with E-state index in [4.69, 9.17) is 28.4 Å². The number of benzene rings is 1. The number of aliphatic hydroxyl groups excluding tert-OH is 5. The summed E-state index contributed by atoms with van der Waals surface area (Å²) in [7, 11) is 0. The van der Waals surface area contributed by atoms with Gasteiger partial charge in [-0.05, 0) is 50.2 Å². The number of hydrogen-bond donors (Lipinski definition) is 6. The molecule has 14 atom stereocenters. The highest BCUT2D eigenvalue weighted by Crippen LogP contribution is 2.38. The van der Waals surface area contributed by atoms with Crippen LogP contribution in [0.15, 0.2) is 30.3 Å². The molecule has 14 heteroatoms. The van der Waals surface area contributed by atoms with Gasteiger partial charge in [-0.25, -0.2) is 9.59 Å². The lowest BCUT2D eigenvalue weighted by atomic mass is 9.82. The Balaban J connectivity index is 1.44. The second kappa shape index (κ2) is 18.0. The van der Waals surface area contributed by atoms with Crippen LogP contribution in [0.25, 0.3) is 0 Å². The van der Waals surface area contributed by atoms with E-state index in [-0.39, 0.29) is 23.8 Å². The number of esters is 1. The number of rotatable bonds is 13. The van der Waals surface area contributed by atoms with Gasteiger partial charge in [-0.2, -0.15) is 0 Å². The molecule has 0 radical (unpaired) electrons. The lowest BCUT2D eigenvalue weighted by Crippen LogP contribution is -2.64. The molecule has 2 saturated heterocycles. The molecular formula is C36H54O14. The molecule has 5 rings (SSSR count). The predicted molar refractivity (Wildman–Crippen MR) is 175 cm³/mol. The van der Waals surface area contributed by atoms with Crippen LogP contribution in [-0.2, 0) is 33.2 Å². The van der Waals surface area contributed by atoms with Crippen molar-refractivity contribution in [2.45, 2.75) is 158 Å². The molecule has 0 spiro atoms. The average Bonchev–Trinajstić information content (AvgIpc) is 3.12. The van der Waals surface area contributed by atoms with Gasteiger partial charge in [-0.1, -0.05) is 70.1 Å². The van der Waals surface area contributed by atoms with E-state index < -0.39 is 98.3 Å². The number of carbonyl (C=O) groups excluding carboxylic acids is 1. The molecule has 0 amide bonds. The maximum Gasteiger partial charge on any atom is 0.338 e. The van der Waals surface area contributed by atoms with Crippen molar-refractivity contribution in [3.63, 3.8) is 0 Å². The van der Waals surface area contributed by atoms with Gasteiger partial charge in [0.1, 0.15) is 36.6 Å². The van der Waals surface area contributed by atoms with Gasteiger partial charge in [0.05, 0.1) is 30.5 Å². The number of carbonyl (C=O) groups is 2. The monoisotopic (exact) mass is 710 g/mol. The number of carboxylic acid groups (broad SMARTS) is 1. The van der Waals surface area contributed by atoms with Crippen molar-refractivity contribution >= 4 is 11.9 Å². The molecule has 2 aliphatic carbocycles. The predicted octanol–water partition coefficient (Wildman–Crippen LogP) is 1.91. The zero-order valence-corrected chi connectivity index (χ0v) is 28.8. The van der Waals surface area contributed by atoms with Gasteiger partial charge in [0.25, 0.3) is 0 Å². The molecule has 282 valence electrons. The zero-order chi connectivity index (χ0) is 35.9. The molecule has 2 saturated carbocycles. The van der Waals surface area contributed by atoms with Gasteiger partial charge in [-0.3, -0.25) is 0 Å². The van der Waals surface area contributed by atoms with Crippen LogP contribution in [0.4, 0.5) is 0 Å². The fraction of sp³-hybridized carbons (Fsp3) is 0.778. The second-order valence-electron chi connectivity index (χ2n) is 14.2. The van der Waals surface area contributed by atoms with E-state index in [1.807, 2.05) is 6.92 Å². The third kappa shape index (κ3) is 9.21. The van der Waals surface area contributed by atoms with Gasteiger partial charge in [0.2, 0.25) is 0 Å². The molecule has 5 unspecified atom stereocenters. The standard InChI is InChI=1S/C36H54O14/c1-3-21-15-10-16-23(30(21)50-35-29(41)28(40)26(38)19(2)45-35)47-36-32(49-34(44)22-13-8-5-9-14-22)31(27(39)25(18-37)48-36)46-24(33(42)43)17-20-11-6-4-7-12-20/h5,8-9,13-14,19-21,23-32,35-41H,3-4,6-7,10-12,15-18H2,1-2H3,(H,42,43)/t19?,21?,23-,24+,25+,26-,27+,28+,29?,30-,31?,32?,35+,36-/m1/s1. The third-order valence-corrected chi connectivity index (χ3v) is 10.7. The first kappa shape index (κ1) is 39.0.